The van der Waals surface area contributed by atoms with E-state index in [9.17, 15) is 4.39 Å². The lowest BCUT2D eigenvalue weighted by Gasteiger charge is -2.08. The van der Waals surface area contributed by atoms with Gasteiger partial charge in [0.25, 0.3) is 0 Å². The number of rotatable bonds is 4. The maximum Gasteiger partial charge on any atom is 0.163 e. The van der Waals surface area contributed by atoms with Gasteiger partial charge in [0, 0.05) is 18.9 Å². The smallest absolute Gasteiger partial charge is 0.163 e. The van der Waals surface area contributed by atoms with Crippen molar-refractivity contribution in [2.24, 2.45) is 0 Å². The number of hydrogen-bond acceptors (Lipinski definition) is 3. The zero-order valence-corrected chi connectivity index (χ0v) is 13.4. The summed E-state index contributed by atoms with van der Waals surface area (Å²) in [5, 5.41) is 9.11. The fourth-order valence-corrected chi connectivity index (χ4v) is 2.77. The van der Waals surface area contributed by atoms with Crippen LogP contribution in [0, 0.1) is 5.82 Å². The molecule has 1 N–H and O–H groups in total. The van der Waals surface area contributed by atoms with Gasteiger partial charge in [-0.3, -0.25) is 0 Å². The first kappa shape index (κ1) is 15.5. The highest BCUT2D eigenvalue weighted by Gasteiger charge is 2.15. The topological polar surface area (TPSA) is 50.9 Å². The molecule has 0 saturated heterocycles. The van der Waals surface area contributed by atoms with E-state index in [-0.39, 0.29) is 12.4 Å². The van der Waals surface area contributed by atoms with Crippen molar-refractivity contribution in [2.45, 2.75) is 13.2 Å². The van der Waals surface area contributed by atoms with Crippen LogP contribution in [0.1, 0.15) is 11.1 Å². The van der Waals surface area contributed by atoms with Crippen molar-refractivity contribution in [3.05, 3.63) is 83.9 Å². The Balaban J connectivity index is 1.64. The second kappa shape index (κ2) is 6.45. The molecule has 0 unspecified atom stereocenters. The van der Waals surface area contributed by atoms with Gasteiger partial charge in [0.2, 0.25) is 0 Å². The van der Waals surface area contributed by atoms with Gasteiger partial charge in [0.1, 0.15) is 11.5 Å². The highest BCUT2D eigenvalue weighted by molar-refractivity contribution is 5.65. The summed E-state index contributed by atoms with van der Waals surface area (Å²) in [6, 6.07) is 16.2. The van der Waals surface area contributed by atoms with Crippen LogP contribution in [0.5, 0.6) is 0 Å². The van der Waals surface area contributed by atoms with Crippen LogP contribution < -0.4 is 0 Å². The predicted octanol–water partition coefficient (Wildman–Crippen LogP) is 3.73. The lowest BCUT2D eigenvalue weighted by Crippen LogP contribution is -2.01. The van der Waals surface area contributed by atoms with E-state index in [1.54, 1.807) is 18.2 Å². The number of aliphatic hydroxyl groups is 1. The van der Waals surface area contributed by atoms with E-state index in [4.69, 9.17) is 5.11 Å². The van der Waals surface area contributed by atoms with Crippen molar-refractivity contribution in [1.82, 2.24) is 14.5 Å². The van der Waals surface area contributed by atoms with Gasteiger partial charge in [-0.1, -0.05) is 36.4 Å². The number of imidazole rings is 1. The average Bonchev–Trinajstić information content (AvgIpc) is 3.06. The second-order valence-electron chi connectivity index (χ2n) is 5.89. The molecule has 0 aliphatic carbocycles. The van der Waals surface area contributed by atoms with Crippen LogP contribution >= 0.6 is 0 Å². The summed E-state index contributed by atoms with van der Waals surface area (Å²) in [7, 11) is 0. The molecule has 124 valence electrons. The van der Waals surface area contributed by atoms with Crippen LogP contribution in [0.25, 0.3) is 22.8 Å². The Morgan fingerprint density at radius 2 is 1.60 bits per heavy atom. The number of fused-ring (bicyclic) bond motifs is 1. The molecule has 25 heavy (non-hydrogen) atoms. The number of hydrogen-bond donors (Lipinski definition) is 1. The Bertz CT molecular complexity index is 978. The zero-order chi connectivity index (χ0) is 17.2. The van der Waals surface area contributed by atoms with E-state index in [0.717, 1.165) is 22.5 Å². The van der Waals surface area contributed by atoms with Crippen molar-refractivity contribution in [1.29, 1.82) is 0 Å². The van der Waals surface area contributed by atoms with Gasteiger partial charge in [-0.25, -0.2) is 14.4 Å². The quantitative estimate of drug-likeness (QED) is 0.619. The molecule has 0 radical (unpaired) electrons. The molecule has 0 atom stereocenters. The fraction of sp³-hybridized carbons (Fsp3) is 0.100. The highest BCUT2D eigenvalue weighted by Crippen LogP contribution is 2.26. The maximum absolute atomic E-state index is 13.9. The minimum Gasteiger partial charge on any atom is -0.392 e. The molecule has 0 saturated carbocycles. The van der Waals surface area contributed by atoms with Crippen molar-refractivity contribution in [2.75, 3.05) is 0 Å². The summed E-state index contributed by atoms with van der Waals surface area (Å²) in [5.74, 6) is 0.0767. The van der Waals surface area contributed by atoms with Gasteiger partial charge >= 0.3 is 0 Å². The van der Waals surface area contributed by atoms with Crippen LogP contribution in [-0.2, 0) is 13.2 Å². The Morgan fingerprint density at radius 3 is 2.36 bits per heavy atom. The van der Waals surface area contributed by atoms with E-state index < -0.39 is 0 Å². The number of pyridine rings is 1. The Kier molecular flexibility index (Phi) is 3.99. The maximum atomic E-state index is 13.9. The van der Waals surface area contributed by atoms with Crippen molar-refractivity contribution in [3.63, 3.8) is 0 Å². The fourth-order valence-electron chi connectivity index (χ4n) is 2.77. The zero-order valence-electron chi connectivity index (χ0n) is 13.4. The molecule has 0 aromatic heterocycles. The second-order valence-corrected chi connectivity index (χ2v) is 5.89. The van der Waals surface area contributed by atoms with E-state index in [2.05, 4.69) is 9.97 Å². The average molecular weight is 333 g/mol. The summed E-state index contributed by atoms with van der Waals surface area (Å²) < 4.78 is 15.9. The Hall–Kier alpha value is -3.05. The Morgan fingerprint density at radius 1 is 0.880 bits per heavy atom. The molecular weight excluding hydrogens is 317 g/mol. The lowest BCUT2D eigenvalue weighted by molar-refractivity contribution is 0.282. The third-order valence-corrected chi connectivity index (χ3v) is 4.11. The van der Waals surface area contributed by atoms with E-state index in [1.807, 2.05) is 47.3 Å². The number of aromatic nitrogens is 3. The predicted molar refractivity (Wildman–Crippen MR) is 93.5 cm³/mol. The third-order valence-electron chi connectivity index (χ3n) is 4.11. The lowest BCUT2D eigenvalue weighted by atomic mass is 10.1. The van der Waals surface area contributed by atoms with Crippen LogP contribution in [0.3, 0.4) is 0 Å². The number of benzene rings is 2. The molecule has 0 spiro atoms. The normalized spacial score (nSPS) is 11.1. The molecule has 2 aromatic carbocycles. The van der Waals surface area contributed by atoms with Gasteiger partial charge in [-0.2, -0.15) is 0 Å². The summed E-state index contributed by atoms with van der Waals surface area (Å²) >= 11 is 0. The SMILES string of the molecule is OCc1ccc(Cn2ccc3nc(-c4ccccc4F)nc-3c2)cc1. The van der Waals surface area contributed by atoms with Gasteiger partial charge in [0.05, 0.1) is 17.9 Å². The minimum atomic E-state index is -0.324. The number of nitrogens with zero attached hydrogens (tertiary/aromatic N) is 3. The Labute approximate surface area is 144 Å². The molecule has 5 heteroatoms. The third kappa shape index (κ3) is 3.14. The highest BCUT2D eigenvalue weighted by atomic mass is 19.1. The van der Waals surface area contributed by atoms with Crippen molar-refractivity contribution >= 4 is 0 Å². The summed E-state index contributed by atoms with van der Waals surface area (Å²) in [5.41, 5.74) is 3.89. The summed E-state index contributed by atoms with van der Waals surface area (Å²) in [6.45, 7) is 0.727. The van der Waals surface area contributed by atoms with Gasteiger partial charge in [-0.15, -0.1) is 0 Å². The van der Waals surface area contributed by atoms with Gasteiger partial charge in [0.15, 0.2) is 5.82 Å². The van der Waals surface area contributed by atoms with Crippen LogP contribution in [0.2, 0.25) is 0 Å². The molecule has 2 heterocycles. The van der Waals surface area contributed by atoms with Crippen LogP contribution in [0.4, 0.5) is 4.39 Å². The number of halogens is 1. The van der Waals surface area contributed by atoms with E-state index >= 15 is 0 Å². The molecule has 0 bridgehead atoms. The van der Waals surface area contributed by atoms with Crippen molar-refractivity contribution < 1.29 is 9.50 Å². The van der Waals surface area contributed by atoms with Crippen LogP contribution in [0.15, 0.2) is 67.0 Å². The minimum absolute atomic E-state index is 0.0430. The van der Waals surface area contributed by atoms with E-state index in [0.29, 0.717) is 17.9 Å². The van der Waals surface area contributed by atoms with Gasteiger partial charge < -0.3 is 9.67 Å². The largest absolute Gasteiger partial charge is 0.392 e. The molecule has 0 fully saturated rings. The number of aliphatic hydroxyl groups excluding tert-OH is 1. The first-order valence-corrected chi connectivity index (χ1v) is 8.00. The molecule has 4 rings (SSSR count). The van der Waals surface area contributed by atoms with Crippen molar-refractivity contribution in [3.8, 4) is 22.8 Å². The molecule has 4 nitrogen and oxygen atoms in total. The van der Waals surface area contributed by atoms with Gasteiger partial charge in [-0.05, 0) is 29.3 Å². The molecule has 2 aliphatic rings. The molecule has 2 aliphatic heterocycles. The van der Waals surface area contributed by atoms with Crippen LogP contribution in [-0.4, -0.2) is 19.6 Å². The molecular formula is C20H16FN3O. The molecule has 0 amide bonds. The van der Waals surface area contributed by atoms with E-state index in [1.165, 1.54) is 6.07 Å². The summed E-state index contributed by atoms with van der Waals surface area (Å²) in [4.78, 5) is 8.89. The summed E-state index contributed by atoms with van der Waals surface area (Å²) in [6.07, 6.45) is 3.84. The first-order valence-electron chi connectivity index (χ1n) is 8.00. The standard InChI is InChI=1S/C20H16FN3O/c21-17-4-2-1-3-16(17)20-22-18-9-10-24(12-19(18)23-20)11-14-5-7-15(13-25)8-6-14/h1-10,12,25H,11,13H2. The monoisotopic (exact) mass is 333 g/mol. The first-order chi connectivity index (χ1) is 12.2. The molecule has 2 aromatic rings.